The second-order valence-electron chi connectivity index (χ2n) is 8.51. The number of hydrogen-bond donors (Lipinski definition) is 0. The zero-order valence-corrected chi connectivity index (χ0v) is 17.5. The molecule has 0 spiro atoms. The van der Waals surface area contributed by atoms with Gasteiger partial charge in [0.05, 0.1) is 23.1 Å². The third-order valence-corrected chi connectivity index (χ3v) is 6.40. The predicted octanol–water partition coefficient (Wildman–Crippen LogP) is 4.44. The van der Waals surface area contributed by atoms with Crippen molar-refractivity contribution in [1.29, 1.82) is 0 Å². The maximum absolute atomic E-state index is 13.6. The average molecular weight is 403 g/mol. The molecule has 1 fully saturated rings. The van der Waals surface area contributed by atoms with Crippen LogP contribution < -0.4 is 5.43 Å². The van der Waals surface area contributed by atoms with Crippen molar-refractivity contribution in [3.8, 4) is 0 Å². The third-order valence-electron chi connectivity index (χ3n) is 6.40. The van der Waals surface area contributed by atoms with Gasteiger partial charge in [-0.25, -0.2) is 0 Å². The van der Waals surface area contributed by atoms with E-state index in [1.54, 1.807) is 4.90 Å². The van der Waals surface area contributed by atoms with Crippen molar-refractivity contribution < 1.29 is 13.9 Å². The summed E-state index contributed by atoms with van der Waals surface area (Å²) in [5.41, 5.74) is 4.90. The van der Waals surface area contributed by atoms with Crippen molar-refractivity contribution >= 4 is 16.9 Å². The van der Waals surface area contributed by atoms with Gasteiger partial charge in [0, 0.05) is 13.2 Å². The minimum Gasteiger partial charge on any atom is -0.450 e. The van der Waals surface area contributed by atoms with Crippen LogP contribution in [0.5, 0.6) is 0 Å². The molecule has 5 rings (SSSR count). The van der Waals surface area contributed by atoms with Crippen molar-refractivity contribution in [2.75, 3.05) is 13.2 Å². The van der Waals surface area contributed by atoms with Crippen LogP contribution in [0.4, 0.5) is 0 Å². The Labute approximate surface area is 175 Å². The molecular formula is C25H25NO4. The number of amides is 1. The Morgan fingerprint density at radius 3 is 2.47 bits per heavy atom. The normalized spacial score (nSPS) is 20.9. The molecule has 5 nitrogen and oxygen atoms in total. The quantitative estimate of drug-likeness (QED) is 0.649. The number of aryl methyl sites for hydroxylation is 3. The molecule has 3 aromatic rings. The third kappa shape index (κ3) is 2.96. The highest BCUT2D eigenvalue weighted by Crippen LogP contribution is 2.39. The van der Waals surface area contributed by atoms with Crippen LogP contribution in [0.25, 0.3) is 11.0 Å². The lowest BCUT2D eigenvalue weighted by atomic mass is 9.96. The van der Waals surface area contributed by atoms with Crippen molar-refractivity contribution in [3.05, 3.63) is 80.2 Å². The lowest BCUT2D eigenvalue weighted by molar-refractivity contribution is 0.0486. The van der Waals surface area contributed by atoms with Crippen molar-refractivity contribution in [2.24, 2.45) is 0 Å². The van der Waals surface area contributed by atoms with Gasteiger partial charge in [0.1, 0.15) is 5.58 Å². The number of benzene rings is 2. The Morgan fingerprint density at radius 1 is 1.03 bits per heavy atom. The first-order chi connectivity index (χ1) is 14.4. The van der Waals surface area contributed by atoms with Crippen molar-refractivity contribution in [1.82, 2.24) is 4.90 Å². The van der Waals surface area contributed by atoms with Gasteiger partial charge in [0.15, 0.2) is 5.43 Å². The zero-order valence-electron chi connectivity index (χ0n) is 17.5. The molecule has 1 amide bonds. The molecule has 30 heavy (non-hydrogen) atoms. The van der Waals surface area contributed by atoms with E-state index in [1.807, 2.05) is 57.2 Å². The van der Waals surface area contributed by atoms with Crippen LogP contribution in [0.15, 0.2) is 45.6 Å². The zero-order chi connectivity index (χ0) is 21.0. The van der Waals surface area contributed by atoms with Crippen LogP contribution in [0, 0.1) is 20.8 Å². The van der Waals surface area contributed by atoms with Crippen LogP contribution in [0.2, 0.25) is 0 Å². The van der Waals surface area contributed by atoms with Gasteiger partial charge in [0.25, 0.3) is 5.91 Å². The summed E-state index contributed by atoms with van der Waals surface area (Å²) in [4.78, 5) is 28.8. The molecule has 0 N–H and O–H groups in total. The summed E-state index contributed by atoms with van der Waals surface area (Å²) in [5.74, 6) is -0.0670. The number of carbonyl (C=O) groups is 1. The summed E-state index contributed by atoms with van der Waals surface area (Å²) in [5, 5.41) is 0.528. The van der Waals surface area contributed by atoms with Crippen molar-refractivity contribution in [3.63, 3.8) is 0 Å². The number of ether oxygens (including phenoxy) is 1. The van der Waals surface area contributed by atoms with Gasteiger partial charge >= 0.3 is 0 Å². The molecule has 3 heterocycles. The van der Waals surface area contributed by atoms with Gasteiger partial charge in [-0.05, 0) is 62.4 Å². The van der Waals surface area contributed by atoms with Gasteiger partial charge in [-0.1, -0.05) is 29.8 Å². The Morgan fingerprint density at radius 2 is 1.77 bits per heavy atom. The van der Waals surface area contributed by atoms with E-state index in [4.69, 9.17) is 9.15 Å². The lowest BCUT2D eigenvalue weighted by Gasteiger charge is -2.27. The SMILES string of the molecule is Cc1ccc(C2c3c(oc4cc(C)c(C)cc4c3=O)C(=O)N2CC2CCCO2)cc1. The molecule has 1 saturated heterocycles. The molecular weight excluding hydrogens is 378 g/mol. The van der Waals surface area contributed by atoms with E-state index in [-0.39, 0.29) is 23.2 Å². The lowest BCUT2D eigenvalue weighted by Crippen LogP contribution is -2.36. The van der Waals surface area contributed by atoms with Gasteiger partial charge in [-0.15, -0.1) is 0 Å². The molecule has 2 atom stereocenters. The van der Waals surface area contributed by atoms with Crippen LogP contribution in [-0.4, -0.2) is 30.1 Å². The Balaban J connectivity index is 1.72. The molecule has 5 heteroatoms. The molecule has 2 aliphatic heterocycles. The number of carbonyl (C=O) groups excluding carboxylic acids is 1. The molecule has 2 unspecified atom stereocenters. The first-order valence-electron chi connectivity index (χ1n) is 10.5. The van der Waals surface area contributed by atoms with Crippen LogP contribution in [0.1, 0.15) is 57.3 Å². The Bertz CT molecular complexity index is 1200. The number of hydrogen-bond acceptors (Lipinski definition) is 4. The molecule has 2 aliphatic rings. The van der Waals surface area contributed by atoms with E-state index in [1.165, 1.54) is 0 Å². The molecule has 0 radical (unpaired) electrons. The minimum atomic E-state index is -0.459. The Hall–Kier alpha value is -2.92. The summed E-state index contributed by atoms with van der Waals surface area (Å²) in [6.07, 6.45) is 1.90. The fourth-order valence-corrected chi connectivity index (χ4v) is 4.57. The summed E-state index contributed by atoms with van der Waals surface area (Å²) in [6, 6.07) is 11.3. The monoisotopic (exact) mass is 403 g/mol. The smallest absolute Gasteiger partial charge is 0.291 e. The van der Waals surface area contributed by atoms with Crippen molar-refractivity contribution in [2.45, 2.75) is 45.8 Å². The van der Waals surface area contributed by atoms with Crippen LogP contribution in [-0.2, 0) is 4.74 Å². The predicted molar refractivity (Wildman–Crippen MR) is 115 cm³/mol. The average Bonchev–Trinajstić information content (AvgIpc) is 3.33. The highest BCUT2D eigenvalue weighted by Gasteiger charge is 2.43. The number of rotatable bonds is 3. The molecule has 1 aromatic heterocycles. The van der Waals surface area contributed by atoms with E-state index >= 15 is 0 Å². The van der Waals surface area contributed by atoms with Gasteiger partial charge in [0.2, 0.25) is 5.76 Å². The van der Waals surface area contributed by atoms with Crippen LogP contribution in [0.3, 0.4) is 0 Å². The van der Waals surface area contributed by atoms with Gasteiger partial charge in [-0.2, -0.15) is 0 Å². The number of nitrogens with zero attached hydrogens (tertiary/aromatic N) is 1. The molecule has 0 saturated carbocycles. The Kier molecular flexibility index (Phi) is 4.51. The standard InChI is InChI=1S/C25H25NO4/c1-14-6-8-17(9-7-14)22-21-23(27)19-11-15(2)16(3)12-20(19)30-24(21)25(28)26(22)13-18-5-4-10-29-18/h6-9,11-12,18,22H,4-5,10,13H2,1-3H3. The second-order valence-corrected chi connectivity index (χ2v) is 8.51. The van der Waals surface area contributed by atoms with E-state index in [2.05, 4.69) is 0 Å². The second kappa shape index (κ2) is 7.10. The first-order valence-corrected chi connectivity index (χ1v) is 10.5. The van der Waals surface area contributed by atoms with E-state index in [9.17, 15) is 9.59 Å². The minimum absolute atomic E-state index is 0.00906. The van der Waals surface area contributed by atoms with Gasteiger partial charge < -0.3 is 14.1 Å². The summed E-state index contributed by atoms with van der Waals surface area (Å²) in [6.45, 7) is 7.15. The molecule has 154 valence electrons. The summed E-state index contributed by atoms with van der Waals surface area (Å²) >= 11 is 0. The van der Waals surface area contributed by atoms with Crippen LogP contribution >= 0.6 is 0 Å². The molecule has 0 bridgehead atoms. The fourth-order valence-electron chi connectivity index (χ4n) is 4.57. The maximum atomic E-state index is 13.6. The largest absolute Gasteiger partial charge is 0.450 e. The first kappa shape index (κ1) is 19.1. The highest BCUT2D eigenvalue weighted by atomic mass is 16.5. The van der Waals surface area contributed by atoms with E-state index in [0.717, 1.165) is 35.1 Å². The number of fused-ring (bicyclic) bond motifs is 2. The molecule has 0 aliphatic carbocycles. The summed E-state index contributed by atoms with van der Waals surface area (Å²) in [7, 11) is 0. The van der Waals surface area contributed by atoms with E-state index in [0.29, 0.717) is 29.7 Å². The van der Waals surface area contributed by atoms with E-state index < -0.39 is 6.04 Å². The topological polar surface area (TPSA) is 59.8 Å². The summed E-state index contributed by atoms with van der Waals surface area (Å²) < 4.78 is 11.9. The highest BCUT2D eigenvalue weighted by molar-refractivity contribution is 5.99. The fraction of sp³-hybridized carbons (Fsp3) is 0.360. The maximum Gasteiger partial charge on any atom is 0.291 e. The van der Waals surface area contributed by atoms with Gasteiger partial charge in [-0.3, -0.25) is 9.59 Å². The molecule has 2 aromatic carbocycles.